The van der Waals surface area contributed by atoms with Crippen molar-refractivity contribution in [1.29, 1.82) is 0 Å². The lowest BCUT2D eigenvalue weighted by Gasteiger charge is -2.17. The summed E-state index contributed by atoms with van der Waals surface area (Å²) in [6.45, 7) is 2.29. The molecule has 0 atom stereocenters. The molecule has 2 heteroatoms. The molecule has 4 bridgehead atoms. The molecule has 0 radical (unpaired) electrons. The third kappa shape index (κ3) is 3.58. The first-order valence-corrected chi connectivity index (χ1v) is 9.06. The van der Waals surface area contributed by atoms with E-state index in [1.807, 2.05) is 0 Å². The molecule has 2 aromatic carbocycles. The van der Waals surface area contributed by atoms with Gasteiger partial charge in [0.25, 0.3) is 0 Å². The highest BCUT2D eigenvalue weighted by atomic mass is 16.5. The Bertz CT molecular complexity index is 631. The molecule has 0 N–H and O–H groups in total. The summed E-state index contributed by atoms with van der Waals surface area (Å²) < 4.78 is 11.1. The summed E-state index contributed by atoms with van der Waals surface area (Å²) in [6.07, 6.45) is 7.19. The van der Waals surface area contributed by atoms with E-state index in [-0.39, 0.29) is 0 Å². The maximum absolute atomic E-state index is 5.57. The predicted molar refractivity (Wildman–Crippen MR) is 99.4 cm³/mol. The van der Waals surface area contributed by atoms with Gasteiger partial charge in [0, 0.05) is 5.92 Å². The Kier molecular flexibility index (Phi) is 5.44. The average molecular weight is 324 g/mol. The topological polar surface area (TPSA) is 18.5 Å². The first-order valence-electron chi connectivity index (χ1n) is 9.06. The third-order valence-electron chi connectivity index (χ3n) is 5.25. The van der Waals surface area contributed by atoms with Gasteiger partial charge in [-0.2, -0.15) is 0 Å². The summed E-state index contributed by atoms with van der Waals surface area (Å²) in [4.78, 5) is 0. The fourth-order valence-corrected chi connectivity index (χ4v) is 3.70. The molecular formula is C22H28O2. The number of benzene rings is 2. The van der Waals surface area contributed by atoms with Gasteiger partial charge in [-0.1, -0.05) is 44.0 Å². The highest BCUT2D eigenvalue weighted by molar-refractivity contribution is 5.45. The molecule has 128 valence electrons. The fraction of sp³-hybridized carbons (Fsp3) is 0.455. The zero-order valence-corrected chi connectivity index (χ0v) is 15.1. The van der Waals surface area contributed by atoms with Crippen molar-refractivity contribution in [3.63, 3.8) is 0 Å². The fourth-order valence-electron chi connectivity index (χ4n) is 3.70. The molecule has 0 heterocycles. The molecule has 0 fully saturated rings. The molecule has 2 aromatic rings. The maximum Gasteiger partial charge on any atom is 0.122 e. The Morgan fingerprint density at radius 1 is 0.708 bits per heavy atom. The van der Waals surface area contributed by atoms with Crippen LogP contribution in [-0.4, -0.2) is 14.2 Å². The molecular weight excluding hydrogens is 296 g/mol. The number of hydrogen-bond acceptors (Lipinski definition) is 2. The highest BCUT2D eigenvalue weighted by Gasteiger charge is 2.15. The van der Waals surface area contributed by atoms with Crippen LogP contribution in [0.4, 0.5) is 0 Å². The lowest BCUT2D eigenvalue weighted by Crippen LogP contribution is -2.01. The van der Waals surface area contributed by atoms with E-state index in [1.54, 1.807) is 14.2 Å². The number of rotatable bonds is 2. The number of hydrogen-bond donors (Lipinski definition) is 0. The lowest BCUT2D eigenvalue weighted by atomic mass is 9.89. The van der Waals surface area contributed by atoms with Crippen molar-refractivity contribution in [2.24, 2.45) is 0 Å². The van der Waals surface area contributed by atoms with Crippen molar-refractivity contribution in [3.8, 4) is 11.5 Å². The zero-order valence-electron chi connectivity index (χ0n) is 15.1. The van der Waals surface area contributed by atoms with Gasteiger partial charge in [-0.3, -0.25) is 0 Å². The van der Waals surface area contributed by atoms with Crippen LogP contribution in [0.2, 0.25) is 0 Å². The minimum absolute atomic E-state index is 0.375. The minimum Gasteiger partial charge on any atom is -0.496 e. The van der Waals surface area contributed by atoms with E-state index < -0.39 is 0 Å². The summed E-state index contributed by atoms with van der Waals surface area (Å²) >= 11 is 0. The molecule has 0 saturated heterocycles. The molecule has 0 aliphatic heterocycles. The SMILES string of the molecule is COc1ccc2cc1CCCCCCc1cc(ccc1OC)C2C. The van der Waals surface area contributed by atoms with Gasteiger partial charge in [0.05, 0.1) is 14.2 Å². The second-order valence-electron chi connectivity index (χ2n) is 6.78. The summed E-state index contributed by atoms with van der Waals surface area (Å²) in [6, 6.07) is 13.3. The summed E-state index contributed by atoms with van der Waals surface area (Å²) in [7, 11) is 3.54. The van der Waals surface area contributed by atoms with E-state index in [1.165, 1.54) is 47.9 Å². The maximum atomic E-state index is 5.57. The van der Waals surface area contributed by atoms with E-state index >= 15 is 0 Å². The summed E-state index contributed by atoms with van der Waals surface area (Å²) in [5.41, 5.74) is 5.41. The Hall–Kier alpha value is -1.96. The molecule has 3 rings (SSSR count). The third-order valence-corrected chi connectivity index (χ3v) is 5.25. The smallest absolute Gasteiger partial charge is 0.122 e. The Balaban J connectivity index is 2.02. The monoisotopic (exact) mass is 324 g/mol. The van der Waals surface area contributed by atoms with Crippen LogP contribution in [0, 0.1) is 0 Å². The number of fused-ring (bicyclic) bond motifs is 4. The van der Waals surface area contributed by atoms with E-state index in [9.17, 15) is 0 Å². The van der Waals surface area contributed by atoms with Crippen molar-refractivity contribution in [1.82, 2.24) is 0 Å². The Labute approximate surface area is 145 Å². The average Bonchev–Trinajstić information content (AvgIpc) is 2.63. The van der Waals surface area contributed by atoms with Crippen molar-refractivity contribution >= 4 is 0 Å². The zero-order chi connectivity index (χ0) is 16.9. The minimum atomic E-state index is 0.375. The van der Waals surface area contributed by atoms with Crippen LogP contribution in [0.3, 0.4) is 0 Å². The second kappa shape index (κ2) is 7.74. The molecule has 1 aliphatic rings. The second-order valence-corrected chi connectivity index (χ2v) is 6.78. The quantitative estimate of drug-likeness (QED) is 0.724. The van der Waals surface area contributed by atoms with Crippen molar-refractivity contribution in [3.05, 3.63) is 58.7 Å². The van der Waals surface area contributed by atoms with Crippen LogP contribution in [0.1, 0.15) is 60.8 Å². The molecule has 0 amide bonds. The van der Waals surface area contributed by atoms with Gasteiger partial charge in [-0.25, -0.2) is 0 Å². The first kappa shape index (κ1) is 16.9. The Morgan fingerprint density at radius 3 is 1.58 bits per heavy atom. The Morgan fingerprint density at radius 2 is 1.17 bits per heavy atom. The van der Waals surface area contributed by atoms with Crippen molar-refractivity contribution in [2.45, 2.75) is 51.4 Å². The van der Waals surface area contributed by atoms with Gasteiger partial charge in [-0.05, 0) is 60.1 Å². The predicted octanol–water partition coefficient (Wildman–Crippen LogP) is 5.51. The largest absolute Gasteiger partial charge is 0.496 e. The number of ether oxygens (including phenoxy) is 2. The summed E-state index contributed by atoms with van der Waals surface area (Å²) in [5, 5.41) is 0. The van der Waals surface area contributed by atoms with Gasteiger partial charge < -0.3 is 9.47 Å². The molecule has 0 spiro atoms. The van der Waals surface area contributed by atoms with Gasteiger partial charge in [0.1, 0.15) is 11.5 Å². The van der Waals surface area contributed by atoms with Crippen LogP contribution >= 0.6 is 0 Å². The molecule has 0 saturated carbocycles. The van der Waals surface area contributed by atoms with Crippen molar-refractivity contribution < 1.29 is 9.47 Å². The molecule has 24 heavy (non-hydrogen) atoms. The van der Waals surface area contributed by atoms with Crippen LogP contribution in [0.25, 0.3) is 0 Å². The standard InChI is InChI=1S/C22H28O2/c1-16-17-10-12-21(23-2)19(14-17)8-6-4-5-7-9-20-15-18(16)11-13-22(20)24-3/h10-16H,4-9H2,1-3H3. The molecule has 1 aliphatic carbocycles. The van der Waals surface area contributed by atoms with Crippen LogP contribution in [-0.2, 0) is 12.8 Å². The molecule has 0 aromatic heterocycles. The van der Waals surface area contributed by atoms with E-state index in [0.717, 1.165) is 24.3 Å². The van der Waals surface area contributed by atoms with E-state index in [2.05, 4.69) is 43.3 Å². The summed E-state index contributed by atoms with van der Waals surface area (Å²) in [5.74, 6) is 2.42. The van der Waals surface area contributed by atoms with Gasteiger partial charge in [0.15, 0.2) is 0 Å². The van der Waals surface area contributed by atoms with Crippen molar-refractivity contribution in [2.75, 3.05) is 14.2 Å². The molecule has 2 nitrogen and oxygen atoms in total. The number of aryl methyl sites for hydroxylation is 2. The molecule has 0 unspecified atom stereocenters. The van der Waals surface area contributed by atoms with Gasteiger partial charge >= 0.3 is 0 Å². The van der Waals surface area contributed by atoms with Gasteiger partial charge in [-0.15, -0.1) is 0 Å². The first-order chi connectivity index (χ1) is 11.7. The number of methoxy groups -OCH3 is 2. The normalized spacial score (nSPS) is 15.8. The van der Waals surface area contributed by atoms with E-state index in [4.69, 9.17) is 9.47 Å². The van der Waals surface area contributed by atoms with Crippen LogP contribution < -0.4 is 9.47 Å². The van der Waals surface area contributed by atoms with E-state index in [0.29, 0.717) is 5.92 Å². The van der Waals surface area contributed by atoms with Crippen LogP contribution in [0.5, 0.6) is 11.5 Å². The van der Waals surface area contributed by atoms with Gasteiger partial charge in [0.2, 0.25) is 0 Å². The van der Waals surface area contributed by atoms with Crippen LogP contribution in [0.15, 0.2) is 36.4 Å². The lowest BCUT2D eigenvalue weighted by molar-refractivity contribution is 0.407. The highest BCUT2D eigenvalue weighted by Crippen LogP contribution is 2.33.